The number of amides is 1. The lowest BCUT2D eigenvalue weighted by Gasteiger charge is -2.13. The van der Waals surface area contributed by atoms with Crippen LogP contribution in [-0.4, -0.2) is 35.9 Å². The maximum Gasteiger partial charge on any atom is 0.272 e. The second-order valence-corrected chi connectivity index (χ2v) is 8.12. The highest BCUT2D eigenvalue weighted by Crippen LogP contribution is 2.24. The lowest BCUT2D eigenvalue weighted by molar-refractivity contribution is -0.114. The summed E-state index contributed by atoms with van der Waals surface area (Å²) >= 11 is 2.31. The third-order valence-electron chi connectivity index (χ3n) is 2.28. The summed E-state index contributed by atoms with van der Waals surface area (Å²) in [6.45, 7) is 1.59. The molecule has 2 aromatic heterocycles. The van der Waals surface area contributed by atoms with E-state index in [2.05, 4.69) is 15.5 Å². The molecule has 2 rings (SSSR count). The van der Waals surface area contributed by atoms with E-state index in [1.54, 1.807) is 0 Å². The SMILES string of the molecule is CC(=O)Nc1nnc(S(=O)(=O)N(C)Cc2cccs2)s1. The van der Waals surface area contributed by atoms with E-state index in [-0.39, 0.29) is 21.9 Å². The molecule has 10 heteroatoms. The molecule has 0 bridgehead atoms. The molecule has 0 aliphatic heterocycles. The summed E-state index contributed by atoms with van der Waals surface area (Å²) < 4.78 is 25.6. The Hall–Kier alpha value is -1.36. The van der Waals surface area contributed by atoms with Crippen molar-refractivity contribution in [2.45, 2.75) is 17.8 Å². The first-order chi connectivity index (χ1) is 9.39. The number of aromatic nitrogens is 2. The van der Waals surface area contributed by atoms with Gasteiger partial charge in [0.1, 0.15) is 0 Å². The molecular formula is C10H12N4O3S3. The second-order valence-electron chi connectivity index (χ2n) is 3.89. The highest BCUT2D eigenvalue weighted by molar-refractivity contribution is 7.91. The Kier molecular flexibility index (Phi) is 4.48. The average molecular weight is 332 g/mol. The summed E-state index contributed by atoms with van der Waals surface area (Å²) in [6.07, 6.45) is 0. The Morgan fingerprint density at radius 3 is 2.80 bits per heavy atom. The lowest BCUT2D eigenvalue weighted by atomic mass is 10.5. The molecule has 0 fully saturated rings. The predicted octanol–water partition coefficient (Wildman–Crippen LogP) is 1.38. The molecule has 0 aliphatic rings. The first-order valence-corrected chi connectivity index (χ1v) is 8.63. The molecule has 1 amide bonds. The summed E-state index contributed by atoms with van der Waals surface area (Å²) in [6, 6.07) is 3.72. The normalized spacial score (nSPS) is 11.8. The van der Waals surface area contributed by atoms with Crippen molar-refractivity contribution < 1.29 is 13.2 Å². The quantitative estimate of drug-likeness (QED) is 0.835. The lowest BCUT2D eigenvalue weighted by Crippen LogP contribution is -2.26. The number of sulfonamides is 1. The van der Waals surface area contributed by atoms with Gasteiger partial charge in [-0.25, -0.2) is 8.42 Å². The van der Waals surface area contributed by atoms with Gasteiger partial charge in [-0.05, 0) is 11.4 Å². The Morgan fingerprint density at radius 2 is 2.20 bits per heavy atom. The van der Waals surface area contributed by atoms with Gasteiger partial charge in [-0.2, -0.15) is 4.31 Å². The number of nitrogens with zero attached hydrogens (tertiary/aromatic N) is 3. The van der Waals surface area contributed by atoms with Gasteiger partial charge >= 0.3 is 0 Å². The molecule has 0 aliphatic carbocycles. The van der Waals surface area contributed by atoms with Crippen molar-refractivity contribution in [2.75, 3.05) is 12.4 Å². The third-order valence-corrected chi connectivity index (χ3v) is 6.13. The van der Waals surface area contributed by atoms with E-state index < -0.39 is 10.0 Å². The maximum atomic E-state index is 12.3. The van der Waals surface area contributed by atoms with Crippen LogP contribution in [0.2, 0.25) is 0 Å². The third kappa shape index (κ3) is 3.39. The van der Waals surface area contributed by atoms with Crippen molar-refractivity contribution in [3.8, 4) is 0 Å². The molecule has 7 nitrogen and oxygen atoms in total. The number of hydrogen-bond donors (Lipinski definition) is 1. The van der Waals surface area contributed by atoms with Crippen molar-refractivity contribution in [3.05, 3.63) is 22.4 Å². The van der Waals surface area contributed by atoms with Crippen molar-refractivity contribution in [2.24, 2.45) is 0 Å². The fraction of sp³-hybridized carbons (Fsp3) is 0.300. The summed E-state index contributed by atoms with van der Waals surface area (Å²) in [5.74, 6) is -0.322. The van der Waals surface area contributed by atoms with E-state index in [1.807, 2.05) is 17.5 Å². The molecule has 0 saturated carbocycles. The largest absolute Gasteiger partial charge is 0.301 e. The van der Waals surface area contributed by atoms with Crippen LogP contribution in [0, 0.1) is 0 Å². The van der Waals surface area contributed by atoms with Crippen LogP contribution < -0.4 is 5.32 Å². The van der Waals surface area contributed by atoms with Crippen molar-refractivity contribution in [1.29, 1.82) is 0 Å². The molecule has 20 heavy (non-hydrogen) atoms. The van der Waals surface area contributed by atoms with Gasteiger partial charge in [-0.1, -0.05) is 17.4 Å². The van der Waals surface area contributed by atoms with Gasteiger partial charge in [0, 0.05) is 25.4 Å². The molecular weight excluding hydrogens is 320 g/mol. The number of anilines is 1. The first kappa shape index (κ1) is 15.0. The number of hydrogen-bond acceptors (Lipinski definition) is 7. The minimum absolute atomic E-state index is 0.139. The van der Waals surface area contributed by atoms with Gasteiger partial charge in [-0.3, -0.25) is 4.79 Å². The van der Waals surface area contributed by atoms with E-state index in [0.717, 1.165) is 16.2 Å². The molecule has 108 valence electrons. The fourth-order valence-corrected chi connectivity index (χ4v) is 4.48. The molecule has 0 unspecified atom stereocenters. The van der Waals surface area contributed by atoms with Crippen molar-refractivity contribution >= 4 is 43.7 Å². The minimum Gasteiger partial charge on any atom is -0.301 e. The van der Waals surface area contributed by atoms with E-state index in [1.165, 1.54) is 29.6 Å². The van der Waals surface area contributed by atoms with E-state index in [9.17, 15) is 13.2 Å². The van der Waals surface area contributed by atoms with E-state index >= 15 is 0 Å². The minimum atomic E-state index is -3.70. The van der Waals surface area contributed by atoms with E-state index in [0.29, 0.717) is 0 Å². The zero-order chi connectivity index (χ0) is 14.8. The number of carbonyl (C=O) groups is 1. The molecule has 1 N–H and O–H groups in total. The Bertz CT molecular complexity index is 693. The van der Waals surface area contributed by atoms with Crippen LogP contribution in [0.1, 0.15) is 11.8 Å². The summed E-state index contributed by atoms with van der Waals surface area (Å²) in [4.78, 5) is 11.8. The van der Waals surface area contributed by atoms with Gasteiger partial charge < -0.3 is 5.32 Å². The second kappa shape index (κ2) is 5.95. The molecule has 0 atom stereocenters. The van der Waals surface area contributed by atoms with Gasteiger partial charge in [0.2, 0.25) is 15.4 Å². The van der Waals surface area contributed by atoms with Crippen molar-refractivity contribution in [1.82, 2.24) is 14.5 Å². The smallest absolute Gasteiger partial charge is 0.272 e. The highest BCUT2D eigenvalue weighted by Gasteiger charge is 2.26. The summed E-state index contributed by atoms with van der Waals surface area (Å²) in [7, 11) is -2.22. The molecule has 2 aromatic rings. The Labute approximate surface area is 124 Å². The van der Waals surface area contributed by atoms with Gasteiger partial charge in [0.25, 0.3) is 10.0 Å². The monoisotopic (exact) mass is 332 g/mol. The van der Waals surface area contributed by atoms with Gasteiger partial charge in [0.05, 0.1) is 0 Å². The van der Waals surface area contributed by atoms with Crippen LogP contribution in [-0.2, 0) is 21.4 Å². The summed E-state index contributed by atoms with van der Waals surface area (Å²) in [5, 5.41) is 11.7. The molecule has 0 aromatic carbocycles. The number of rotatable bonds is 5. The summed E-state index contributed by atoms with van der Waals surface area (Å²) in [5.41, 5.74) is 0. The number of carbonyl (C=O) groups excluding carboxylic acids is 1. The van der Waals surface area contributed by atoms with Crippen LogP contribution in [0.3, 0.4) is 0 Å². The molecule has 2 heterocycles. The molecule has 0 spiro atoms. The Balaban J connectivity index is 2.16. The predicted molar refractivity (Wildman–Crippen MR) is 77.2 cm³/mol. The van der Waals surface area contributed by atoms with Crippen LogP contribution in [0.4, 0.5) is 5.13 Å². The van der Waals surface area contributed by atoms with E-state index in [4.69, 9.17) is 0 Å². The Morgan fingerprint density at radius 1 is 1.45 bits per heavy atom. The standard InChI is InChI=1S/C10H12N4O3S3/c1-7(15)11-9-12-13-10(19-9)20(16,17)14(2)6-8-4-3-5-18-8/h3-5H,6H2,1-2H3,(H,11,12,15). The molecule has 0 saturated heterocycles. The maximum absolute atomic E-state index is 12.3. The van der Waals surface area contributed by atoms with Crippen LogP contribution in [0.15, 0.2) is 21.9 Å². The number of nitrogens with one attached hydrogen (secondary N) is 1. The van der Waals surface area contributed by atoms with Crippen molar-refractivity contribution in [3.63, 3.8) is 0 Å². The van der Waals surface area contributed by atoms with Gasteiger partial charge in [-0.15, -0.1) is 21.5 Å². The molecule has 0 radical (unpaired) electrons. The average Bonchev–Trinajstić information content (AvgIpc) is 2.99. The van der Waals surface area contributed by atoms with Crippen LogP contribution >= 0.6 is 22.7 Å². The van der Waals surface area contributed by atoms with Crippen LogP contribution in [0.5, 0.6) is 0 Å². The van der Waals surface area contributed by atoms with Crippen LogP contribution in [0.25, 0.3) is 0 Å². The first-order valence-electron chi connectivity index (χ1n) is 5.49. The topological polar surface area (TPSA) is 92.3 Å². The zero-order valence-corrected chi connectivity index (χ0v) is 13.2. The fourth-order valence-electron chi connectivity index (χ4n) is 1.36. The highest BCUT2D eigenvalue weighted by atomic mass is 32.2. The van der Waals surface area contributed by atoms with Gasteiger partial charge in [0.15, 0.2) is 0 Å². The zero-order valence-electron chi connectivity index (χ0n) is 10.7. The number of thiophene rings is 1.